The van der Waals surface area contributed by atoms with Gasteiger partial charge in [-0.1, -0.05) is 26.0 Å². The number of hydrogen-bond donors (Lipinski definition) is 0. The molecule has 0 heterocycles. The maximum absolute atomic E-state index is 8.40. The highest BCUT2D eigenvalue weighted by Gasteiger charge is 1.97. The molecule has 0 spiro atoms. The average Bonchev–Trinajstić information content (AvgIpc) is 2.24. The summed E-state index contributed by atoms with van der Waals surface area (Å²) >= 11 is 0. The minimum absolute atomic E-state index is 0.517. The van der Waals surface area contributed by atoms with Gasteiger partial charge in [0.25, 0.3) is 0 Å². The van der Waals surface area contributed by atoms with Gasteiger partial charge in [0.1, 0.15) is 5.75 Å². The van der Waals surface area contributed by atoms with E-state index in [2.05, 4.69) is 13.8 Å². The van der Waals surface area contributed by atoms with Crippen LogP contribution in [0.25, 0.3) is 6.08 Å². The van der Waals surface area contributed by atoms with Crippen LogP contribution < -0.4 is 4.74 Å². The van der Waals surface area contributed by atoms with Crippen LogP contribution in [0.5, 0.6) is 5.75 Å². The third-order valence-electron chi connectivity index (χ3n) is 1.79. The lowest BCUT2D eigenvalue weighted by Crippen LogP contribution is -2.04. The molecule has 0 aliphatic carbocycles. The van der Waals surface area contributed by atoms with Crippen molar-refractivity contribution in [1.82, 2.24) is 0 Å². The van der Waals surface area contributed by atoms with Crippen molar-refractivity contribution in [3.8, 4) is 11.8 Å². The lowest BCUT2D eigenvalue weighted by molar-refractivity contribution is 0.271. The van der Waals surface area contributed by atoms with Gasteiger partial charge in [-0.2, -0.15) is 5.26 Å². The Kier molecular flexibility index (Phi) is 4.43. The summed E-state index contributed by atoms with van der Waals surface area (Å²) in [5.74, 6) is 1.37. The standard InChI is InChI=1S/C13H15NO/c1-11(2)10-15-13-7-3-5-12(9-13)6-4-8-14/h3-7,9,11H,10H2,1-2H3/b6-4+. The van der Waals surface area contributed by atoms with Crippen LogP contribution in [0.2, 0.25) is 0 Å². The number of allylic oxidation sites excluding steroid dienone is 1. The molecule has 1 rings (SSSR count). The molecule has 2 nitrogen and oxygen atoms in total. The summed E-state index contributed by atoms with van der Waals surface area (Å²) in [5.41, 5.74) is 0.984. The predicted octanol–water partition coefficient (Wildman–Crippen LogP) is 3.26. The van der Waals surface area contributed by atoms with Gasteiger partial charge in [-0.15, -0.1) is 0 Å². The van der Waals surface area contributed by atoms with E-state index in [0.29, 0.717) is 12.5 Å². The highest BCUT2D eigenvalue weighted by atomic mass is 16.5. The number of benzene rings is 1. The molecule has 0 saturated carbocycles. The van der Waals surface area contributed by atoms with E-state index in [1.807, 2.05) is 30.3 Å². The Labute approximate surface area is 90.8 Å². The quantitative estimate of drug-likeness (QED) is 0.700. The Morgan fingerprint density at radius 3 is 2.93 bits per heavy atom. The first kappa shape index (κ1) is 11.3. The first-order valence-electron chi connectivity index (χ1n) is 5.01. The number of nitrogens with zero attached hydrogens (tertiary/aromatic N) is 1. The Balaban J connectivity index is 2.66. The van der Waals surface area contributed by atoms with E-state index in [0.717, 1.165) is 11.3 Å². The van der Waals surface area contributed by atoms with Gasteiger partial charge in [-0.3, -0.25) is 0 Å². The van der Waals surface area contributed by atoms with Crippen LogP contribution in [-0.4, -0.2) is 6.61 Å². The summed E-state index contributed by atoms with van der Waals surface area (Å²) in [6.45, 7) is 4.93. The monoisotopic (exact) mass is 201 g/mol. The largest absolute Gasteiger partial charge is 0.493 e. The second-order valence-electron chi connectivity index (χ2n) is 3.74. The molecule has 0 fully saturated rings. The lowest BCUT2D eigenvalue weighted by Gasteiger charge is -2.08. The van der Waals surface area contributed by atoms with Gasteiger partial charge < -0.3 is 4.74 Å². The van der Waals surface area contributed by atoms with Gasteiger partial charge in [-0.05, 0) is 29.7 Å². The van der Waals surface area contributed by atoms with Crippen LogP contribution in [-0.2, 0) is 0 Å². The molecule has 0 aromatic heterocycles. The summed E-state index contributed by atoms with van der Waals surface area (Å²) in [4.78, 5) is 0. The van der Waals surface area contributed by atoms with Crippen LogP contribution in [0, 0.1) is 17.2 Å². The molecule has 78 valence electrons. The van der Waals surface area contributed by atoms with Crippen molar-refractivity contribution in [3.63, 3.8) is 0 Å². The van der Waals surface area contributed by atoms with E-state index in [9.17, 15) is 0 Å². The molecule has 0 unspecified atom stereocenters. The van der Waals surface area contributed by atoms with Crippen molar-refractivity contribution in [2.45, 2.75) is 13.8 Å². The molecule has 0 aliphatic heterocycles. The van der Waals surface area contributed by atoms with E-state index in [-0.39, 0.29) is 0 Å². The molecule has 2 heteroatoms. The Morgan fingerprint density at radius 2 is 2.27 bits per heavy atom. The van der Waals surface area contributed by atoms with Crippen LogP contribution in [0.15, 0.2) is 30.3 Å². The second kappa shape index (κ2) is 5.87. The lowest BCUT2D eigenvalue weighted by atomic mass is 10.2. The molecule has 0 saturated heterocycles. The van der Waals surface area contributed by atoms with Gasteiger partial charge in [0.2, 0.25) is 0 Å². The average molecular weight is 201 g/mol. The molecular weight excluding hydrogens is 186 g/mol. The van der Waals surface area contributed by atoms with Gasteiger partial charge >= 0.3 is 0 Å². The maximum atomic E-state index is 8.40. The zero-order valence-corrected chi connectivity index (χ0v) is 9.10. The van der Waals surface area contributed by atoms with Crippen molar-refractivity contribution in [2.24, 2.45) is 5.92 Å². The van der Waals surface area contributed by atoms with Gasteiger partial charge in [0, 0.05) is 6.08 Å². The third kappa shape index (κ3) is 4.33. The maximum Gasteiger partial charge on any atom is 0.119 e. The summed E-state index contributed by atoms with van der Waals surface area (Å²) in [5, 5.41) is 8.40. The fourth-order valence-electron chi connectivity index (χ4n) is 1.10. The highest BCUT2D eigenvalue weighted by molar-refractivity contribution is 5.53. The van der Waals surface area contributed by atoms with Crippen molar-refractivity contribution in [1.29, 1.82) is 5.26 Å². The molecule has 0 bridgehead atoms. The zero-order chi connectivity index (χ0) is 11.1. The summed E-state index contributed by atoms with van der Waals surface area (Å²) in [6, 6.07) is 9.68. The number of hydrogen-bond acceptors (Lipinski definition) is 2. The molecule has 0 atom stereocenters. The van der Waals surface area contributed by atoms with Crippen LogP contribution in [0.4, 0.5) is 0 Å². The van der Waals surface area contributed by atoms with Crippen molar-refractivity contribution in [3.05, 3.63) is 35.9 Å². The number of nitriles is 1. The minimum atomic E-state index is 0.517. The summed E-state index contributed by atoms with van der Waals surface area (Å²) in [6.07, 6.45) is 3.23. The first-order valence-corrected chi connectivity index (χ1v) is 5.01. The molecule has 0 radical (unpaired) electrons. The van der Waals surface area contributed by atoms with E-state index in [1.165, 1.54) is 6.08 Å². The molecule has 0 aliphatic rings. The smallest absolute Gasteiger partial charge is 0.119 e. The second-order valence-corrected chi connectivity index (χ2v) is 3.74. The van der Waals surface area contributed by atoms with Crippen molar-refractivity contribution < 1.29 is 4.74 Å². The van der Waals surface area contributed by atoms with Crippen molar-refractivity contribution >= 4 is 6.08 Å². The SMILES string of the molecule is CC(C)COc1cccc(/C=C/C#N)c1. The van der Waals surface area contributed by atoms with E-state index >= 15 is 0 Å². The van der Waals surface area contributed by atoms with Gasteiger partial charge in [-0.25, -0.2) is 0 Å². The third-order valence-corrected chi connectivity index (χ3v) is 1.79. The summed E-state index contributed by atoms with van der Waals surface area (Å²) in [7, 11) is 0. The summed E-state index contributed by atoms with van der Waals surface area (Å²) < 4.78 is 5.57. The predicted molar refractivity (Wildman–Crippen MR) is 61.4 cm³/mol. The van der Waals surface area contributed by atoms with E-state index in [1.54, 1.807) is 6.08 Å². The van der Waals surface area contributed by atoms with Gasteiger partial charge in [0.15, 0.2) is 0 Å². The van der Waals surface area contributed by atoms with Crippen LogP contribution in [0.3, 0.4) is 0 Å². The minimum Gasteiger partial charge on any atom is -0.493 e. The molecule has 15 heavy (non-hydrogen) atoms. The van der Waals surface area contributed by atoms with Gasteiger partial charge in [0.05, 0.1) is 12.7 Å². The topological polar surface area (TPSA) is 33.0 Å². The molecule has 1 aromatic rings. The fraction of sp³-hybridized carbons (Fsp3) is 0.308. The van der Waals surface area contributed by atoms with Crippen LogP contribution >= 0.6 is 0 Å². The number of rotatable bonds is 4. The van der Waals surface area contributed by atoms with E-state index in [4.69, 9.17) is 10.00 Å². The fourth-order valence-corrected chi connectivity index (χ4v) is 1.10. The Morgan fingerprint density at radius 1 is 1.47 bits per heavy atom. The molecule has 0 amide bonds. The molecular formula is C13H15NO. The molecule has 0 N–H and O–H groups in total. The Hall–Kier alpha value is -1.75. The van der Waals surface area contributed by atoms with Crippen molar-refractivity contribution in [2.75, 3.05) is 6.61 Å². The van der Waals surface area contributed by atoms with E-state index < -0.39 is 0 Å². The normalized spacial score (nSPS) is 10.5. The Bertz CT molecular complexity index is 374. The zero-order valence-electron chi connectivity index (χ0n) is 9.10. The first-order chi connectivity index (χ1) is 7.22. The van der Waals surface area contributed by atoms with Crippen LogP contribution in [0.1, 0.15) is 19.4 Å². The highest BCUT2D eigenvalue weighted by Crippen LogP contribution is 2.15. The molecule has 1 aromatic carbocycles. The number of ether oxygens (including phenoxy) is 1.